The molecule has 0 bridgehead atoms. The molecule has 0 aliphatic heterocycles. The zero-order chi connectivity index (χ0) is 20.0. The average Bonchev–Trinajstić information content (AvgIpc) is 3.07. The molecule has 4 aromatic carbocycles. The summed E-state index contributed by atoms with van der Waals surface area (Å²) in [5, 5.41) is 2.59. The highest BCUT2D eigenvalue weighted by Gasteiger charge is 2.19. The molecule has 5 rings (SSSR count). The van der Waals surface area contributed by atoms with E-state index in [4.69, 9.17) is 0 Å². The largest absolute Gasteiger partial charge is 0.309 e. The van der Waals surface area contributed by atoms with Gasteiger partial charge in [0, 0.05) is 16.5 Å². The second-order valence-corrected chi connectivity index (χ2v) is 8.72. The molecule has 0 spiro atoms. The molecule has 0 fully saturated rings. The number of aromatic nitrogens is 1. The van der Waals surface area contributed by atoms with Crippen LogP contribution in [-0.2, 0) is 5.41 Å². The van der Waals surface area contributed by atoms with E-state index >= 15 is 0 Å². The van der Waals surface area contributed by atoms with Gasteiger partial charge in [0.25, 0.3) is 0 Å². The fraction of sp³-hybridized carbons (Fsp3) is 0.143. The van der Waals surface area contributed by atoms with Crippen LogP contribution in [0.1, 0.15) is 26.3 Å². The summed E-state index contributed by atoms with van der Waals surface area (Å²) in [7, 11) is 0. The van der Waals surface area contributed by atoms with Crippen LogP contribution in [0.15, 0.2) is 97.1 Å². The molecule has 0 amide bonds. The second-order valence-electron chi connectivity index (χ2n) is 8.72. The molecule has 0 N–H and O–H groups in total. The lowest BCUT2D eigenvalue weighted by molar-refractivity contribution is 0.592. The Bertz CT molecular complexity index is 1320. The summed E-state index contributed by atoms with van der Waals surface area (Å²) >= 11 is 0. The monoisotopic (exact) mass is 375 g/mol. The van der Waals surface area contributed by atoms with Crippen molar-refractivity contribution in [2.45, 2.75) is 26.2 Å². The minimum absolute atomic E-state index is 0.0949. The Morgan fingerprint density at radius 1 is 0.586 bits per heavy atom. The predicted octanol–water partition coefficient (Wildman–Crippen LogP) is 7.75. The smallest absolute Gasteiger partial charge is 0.0547 e. The van der Waals surface area contributed by atoms with E-state index in [0.29, 0.717) is 0 Å². The van der Waals surface area contributed by atoms with Crippen LogP contribution in [0.25, 0.3) is 38.6 Å². The average molecular weight is 376 g/mol. The summed E-state index contributed by atoms with van der Waals surface area (Å²) in [6.07, 6.45) is 0. The van der Waals surface area contributed by atoms with Gasteiger partial charge in [0.2, 0.25) is 0 Å². The molecular formula is C28H25N. The van der Waals surface area contributed by atoms with Crippen molar-refractivity contribution in [1.82, 2.24) is 4.57 Å². The van der Waals surface area contributed by atoms with Crippen LogP contribution in [-0.4, -0.2) is 4.57 Å². The van der Waals surface area contributed by atoms with E-state index in [0.717, 1.165) is 0 Å². The van der Waals surface area contributed by atoms with Crippen molar-refractivity contribution in [3.05, 3.63) is 103 Å². The number of hydrogen-bond acceptors (Lipinski definition) is 0. The molecule has 142 valence electrons. The first-order valence-electron chi connectivity index (χ1n) is 10.2. The molecule has 0 saturated heterocycles. The molecule has 1 nitrogen and oxygen atoms in total. The van der Waals surface area contributed by atoms with Crippen LogP contribution in [0.2, 0.25) is 0 Å². The van der Waals surface area contributed by atoms with Gasteiger partial charge in [0.1, 0.15) is 0 Å². The molecule has 0 radical (unpaired) electrons. The molecule has 0 saturated carbocycles. The number of benzene rings is 4. The SMILES string of the molecule is CC(C)(C)c1ccccc1-c1ccc2c3ccccc3n(-c3ccccc3)c2c1. The molecule has 1 heterocycles. The quantitative estimate of drug-likeness (QED) is 0.297. The van der Waals surface area contributed by atoms with E-state index < -0.39 is 0 Å². The highest BCUT2D eigenvalue weighted by atomic mass is 15.0. The van der Waals surface area contributed by atoms with Gasteiger partial charge in [-0.05, 0) is 46.4 Å². The number of nitrogens with zero attached hydrogens (tertiary/aromatic N) is 1. The van der Waals surface area contributed by atoms with Gasteiger partial charge in [-0.1, -0.05) is 93.6 Å². The van der Waals surface area contributed by atoms with Gasteiger partial charge in [-0.25, -0.2) is 0 Å². The summed E-state index contributed by atoms with van der Waals surface area (Å²) in [5.41, 5.74) is 7.74. The third-order valence-corrected chi connectivity index (χ3v) is 5.73. The predicted molar refractivity (Wildman–Crippen MR) is 125 cm³/mol. The second kappa shape index (κ2) is 6.63. The van der Waals surface area contributed by atoms with Gasteiger partial charge in [0.05, 0.1) is 11.0 Å². The van der Waals surface area contributed by atoms with E-state index in [1.165, 1.54) is 44.2 Å². The van der Waals surface area contributed by atoms with Gasteiger partial charge in [-0.15, -0.1) is 0 Å². The molecule has 5 aromatic rings. The topological polar surface area (TPSA) is 4.93 Å². The van der Waals surface area contributed by atoms with Gasteiger partial charge in [-0.2, -0.15) is 0 Å². The van der Waals surface area contributed by atoms with Crippen molar-refractivity contribution in [2.24, 2.45) is 0 Å². The Hall–Kier alpha value is -3.32. The summed E-state index contributed by atoms with van der Waals surface area (Å²) in [6, 6.07) is 35.0. The first-order chi connectivity index (χ1) is 14.0. The van der Waals surface area contributed by atoms with Gasteiger partial charge in [0.15, 0.2) is 0 Å². The third-order valence-electron chi connectivity index (χ3n) is 5.73. The summed E-state index contributed by atoms with van der Waals surface area (Å²) in [6.45, 7) is 6.85. The number of rotatable bonds is 2. The maximum absolute atomic E-state index is 2.38. The fourth-order valence-corrected chi connectivity index (χ4v) is 4.38. The molecule has 29 heavy (non-hydrogen) atoms. The summed E-state index contributed by atoms with van der Waals surface area (Å²) in [4.78, 5) is 0. The molecule has 0 atom stereocenters. The lowest BCUT2D eigenvalue weighted by atomic mass is 9.82. The highest BCUT2D eigenvalue weighted by Crippen LogP contribution is 2.37. The van der Waals surface area contributed by atoms with E-state index in [1.54, 1.807) is 0 Å². The van der Waals surface area contributed by atoms with E-state index in [-0.39, 0.29) is 5.41 Å². The van der Waals surface area contributed by atoms with Crippen molar-refractivity contribution >= 4 is 21.8 Å². The van der Waals surface area contributed by atoms with Crippen molar-refractivity contribution in [1.29, 1.82) is 0 Å². The lowest BCUT2D eigenvalue weighted by Crippen LogP contribution is -2.12. The summed E-state index contributed by atoms with van der Waals surface area (Å²) < 4.78 is 2.38. The van der Waals surface area contributed by atoms with Crippen molar-refractivity contribution in [3.8, 4) is 16.8 Å². The molecule has 1 heteroatoms. The van der Waals surface area contributed by atoms with E-state index in [9.17, 15) is 0 Å². The Balaban J connectivity index is 1.84. The standard InChI is InChI=1S/C28H25N/c1-28(2,3)25-15-9-7-13-22(25)20-17-18-24-23-14-8-10-16-26(23)29(27(24)19-20)21-11-5-4-6-12-21/h4-19H,1-3H3. The number of hydrogen-bond donors (Lipinski definition) is 0. The van der Waals surface area contributed by atoms with Gasteiger partial charge in [-0.3, -0.25) is 0 Å². The van der Waals surface area contributed by atoms with Crippen LogP contribution < -0.4 is 0 Å². The van der Waals surface area contributed by atoms with Crippen molar-refractivity contribution in [3.63, 3.8) is 0 Å². The van der Waals surface area contributed by atoms with Crippen LogP contribution in [0.5, 0.6) is 0 Å². The molecule has 1 aromatic heterocycles. The minimum Gasteiger partial charge on any atom is -0.309 e. The Labute approximate surface area is 172 Å². The zero-order valence-electron chi connectivity index (χ0n) is 17.2. The van der Waals surface area contributed by atoms with Crippen LogP contribution in [0.3, 0.4) is 0 Å². The van der Waals surface area contributed by atoms with Crippen molar-refractivity contribution in [2.75, 3.05) is 0 Å². The molecular weight excluding hydrogens is 350 g/mol. The first-order valence-corrected chi connectivity index (χ1v) is 10.2. The normalized spacial score (nSPS) is 12.0. The van der Waals surface area contributed by atoms with Crippen molar-refractivity contribution < 1.29 is 0 Å². The minimum atomic E-state index is 0.0949. The van der Waals surface area contributed by atoms with Gasteiger partial charge < -0.3 is 4.57 Å². The number of fused-ring (bicyclic) bond motifs is 3. The molecule has 0 unspecified atom stereocenters. The molecule has 0 aliphatic rings. The lowest BCUT2D eigenvalue weighted by Gasteiger charge is -2.23. The van der Waals surface area contributed by atoms with E-state index in [1.807, 2.05) is 0 Å². The highest BCUT2D eigenvalue weighted by molar-refractivity contribution is 6.10. The number of para-hydroxylation sites is 2. The van der Waals surface area contributed by atoms with E-state index in [2.05, 4.69) is 122 Å². The Morgan fingerprint density at radius 2 is 1.24 bits per heavy atom. The van der Waals surface area contributed by atoms with Crippen LogP contribution >= 0.6 is 0 Å². The summed E-state index contributed by atoms with van der Waals surface area (Å²) in [5.74, 6) is 0. The van der Waals surface area contributed by atoms with Crippen LogP contribution in [0, 0.1) is 0 Å². The molecule has 0 aliphatic carbocycles. The fourth-order valence-electron chi connectivity index (χ4n) is 4.38. The Morgan fingerprint density at radius 3 is 2.03 bits per heavy atom. The maximum atomic E-state index is 2.38. The first kappa shape index (κ1) is 17.8. The third kappa shape index (κ3) is 2.94. The van der Waals surface area contributed by atoms with Gasteiger partial charge >= 0.3 is 0 Å². The zero-order valence-corrected chi connectivity index (χ0v) is 17.2. The van der Waals surface area contributed by atoms with Crippen LogP contribution in [0.4, 0.5) is 0 Å². The Kier molecular flexibility index (Phi) is 4.06. The maximum Gasteiger partial charge on any atom is 0.0547 e.